The summed E-state index contributed by atoms with van der Waals surface area (Å²) in [5.41, 5.74) is 0. The van der Waals surface area contributed by atoms with E-state index in [9.17, 15) is 4.79 Å². The highest BCUT2D eigenvalue weighted by atomic mass is 32.2. The highest BCUT2D eigenvalue weighted by Gasteiger charge is 2.24. The van der Waals surface area contributed by atoms with Crippen molar-refractivity contribution in [1.82, 2.24) is 4.13 Å². The van der Waals surface area contributed by atoms with Gasteiger partial charge in [-0.15, -0.1) is 0 Å². The van der Waals surface area contributed by atoms with E-state index in [1.165, 1.54) is 23.9 Å². The predicted molar refractivity (Wildman–Crippen MR) is 52.4 cm³/mol. The number of aliphatic carboxylic acids is 1. The van der Waals surface area contributed by atoms with Crippen molar-refractivity contribution in [1.29, 1.82) is 0 Å². The van der Waals surface area contributed by atoms with Crippen LogP contribution in [0.3, 0.4) is 0 Å². The van der Waals surface area contributed by atoms with Gasteiger partial charge in [-0.1, -0.05) is 13.3 Å². The lowest BCUT2D eigenvalue weighted by atomic mass is 10.0. The van der Waals surface area contributed by atoms with Crippen LogP contribution in [0.4, 0.5) is 0 Å². The van der Waals surface area contributed by atoms with Crippen LogP contribution in [0.25, 0.3) is 0 Å². The van der Waals surface area contributed by atoms with Gasteiger partial charge >= 0.3 is 5.97 Å². The average Bonchev–Trinajstić information content (AvgIpc) is 2.51. The van der Waals surface area contributed by atoms with Gasteiger partial charge in [-0.05, 0) is 35.7 Å². The minimum Gasteiger partial charge on any atom is -0.481 e. The van der Waals surface area contributed by atoms with Gasteiger partial charge in [-0.2, -0.15) is 0 Å². The van der Waals surface area contributed by atoms with Crippen molar-refractivity contribution in [3.8, 4) is 0 Å². The molecule has 0 aromatic rings. The Morgan fingerprint density at radius 2 is 2.58 bits per heavy atom. The maximum Gasteiger partial charge on any atom is 0.311 e. The minimum atomic E-state index is -0.722. The average molecular weight is 205 g/mol. The fourth-order valence-electron chi connectivity index (χ4n) is 1.01. The third kappa shape index (κ3) is 2.43. The largest absolute Gasteiger partial charge is 0.481 e. The number of hydrogen-bond donors (Lipinski definition) is 2. The van der Waals surface area contributed by atoms with E-state index in [0.29, 0.717) is 0 Å². The maximum absolute atomic E-state index is 10.8. The first kappa shape index (κ1) is 9.95. The standard InChI is InChI=1S/C7H11NO2S2/c1-2-3-5(7(9)10)6-4-11-8-12-6/h4-5,8H,2-3H2,1H3,(H,9,10). The number of rotatable bonds is 4. The van der Waals surface area contributed by atoms with Crippen molar-refractivity contribution in [3.63, 3.8) is 0 Å². The van der Waals surface area contributed by atoms with Crippen molar-refractivity contribution >= 4 is 29.9 Å². The van der Waals surface area contributed by atoms with Crippen LogP contribution in [-0.2, 0) is 4.79 Å². The zero-order valence-electron chi connectivity index (χ0n) is 6.74. The van der Waals surface area contributed by atoms with Gasteiger partial charge < -0.3 is 5.11 Å². The molecule has 0 fully saturated rings. The van der Waals surface area contributed by atoms with Gasteiger partial charge in [0.25, 0.3) is 0 Å². The molecule has 0 aromatic heterocycles. The Hall–Kier alpha value is -0.130. The molecular formula is C7H11NO2S2. The summed E-state index contributed by atoms with van der Waals surface area (Å²) in [6.45, 7) is 2.00. The highest BCUT2D eigenvalue weighted by molar-refractivity contribution is 8.18. The van der Waals surface area contributed by atoms with Crippen LogP contribution in [0.15, 0.2) is 10.3 Å². The normalized spacial score (nSPS) is 18.9. The number of carboxylic acids is 1. The molecule has 0 saturated heterocycles. The van der Waals surface area contributed by atoms with Crippen molar-refractivity contribution in [2.45, 2.75) is 19.8 Å². The van der Waals surface area contributed by atoms with Crippen molar-refractivity contribution in [3.05, 3.63) is 10.3 Å². The van der Waals surface area contributed by atoms with E-state index in [1.54, 1.807) is 0 Å². The monoisotopic (exact) mass is 205 g/mol. The van der Waals surface area contributed by atoms with Gasteiger partial charge in [0.2, 0.25) is 0 Å². The highest BCUT2D eigenvalue weighted by Crippen LogP contribution is 2.34. The van der Waals surface area contributed by atoms with E-state index in [1.807, 2.05) is 12.3 Å². The van der Waals surface area contributed by atoms with Gasteiger partial charge in [0, 0.05) is 4.91 Å². The van der Waals surface area contributed by atoms with Crippen molar-refractivity contribution < 1.29 is 9.90 Å². The number of hydrogen-bond acceptors (Lipinski definition) is 4. The van der Waals surface area contributed by atoms with Gasteiger partial charge in [0.05, 0.1) is 5.92 Å². The molecule has 12 heavy (non-hydrogen) atoms. The van der Waals surface area contributed by atoms with Crippen LogP contribution < -0.4 is 4.13 Å². The lowest BCUT2D eigenvalue weighted by Crippen LogP contribution is -2.14. The van der Waals surface area contributed by atoms with Gasteiger partial charge in [0.1, 0.15) is 0 Å². The van der Waals surface area contributed by atoms with Crippen LogP contribution in [0.5, 0.6) is 0 Å². The van der Waals surface area contributed by atoms with Crippen LogP contribution in [0.2, 0.25) is 0 Å². The zero-order valence-corrected chi connectivity index (χ0v) is 8.37. The molecule has 0 bridgehead atoms. The first-order valence-corrected chi connectivity index (χ1v) is 5.45. The van der Waals surface area contributed by atoms with Crippen LogP contribution in [-0.4, -0.2) is 11.1 Å². The van der Waals surface area contributed by atoms with Crippen LogP contribution >= 0.6 is 23.9 Å². The molecule has 0 spiro atoms. The molecule has 1 heterocycles. The first-order chi connectivity index (χ1) is 5.75. The summed E-state index contributed by atoms with van der Waals surface area (Å²) < 4.78 is 2.94. The molecule has 1 atom stereocenters. The van der Waals surface area contributed by atoms with Crippen molar-refractivity contribution in [2.24, 2.45) is 5.92 Å². The first-order valence-electron chi connectivity index (χ1n) is 3.76. The van der Waals surface area contributed by atoms with Crippen molar-refractivity contribution in [2.75, 3.05) is 0 Å². The second kappa shape index (κ2) is 4.79. The Balaban J connectivity index is 2.58. The fourth-order valence-corrected chi connectivity index (χ4v) is 2.76. The number of carbonyl (C=O) groups is 1. The van der Waals surface area contributed by atoms with E-state index >= 15 is 0 Å². The Labute approximate surface area is 80.3 Å². The Bertz CT molecular complexity index is 206. The molecule has 0 aromatic carbocycles. The molecule has 2 N–H and O–H groups in total. The summed E-state index contributed by atoms with van der Waals surface area (Å²) in [6.07, 6.45) is 1.62. The van der Waals surface area contributed by atoms with Crippen LogP contribution in [0.1, 0.15) is 19.8 Å². The molecule has 1 rings (SSSR count). The molecular weight excluding hydrogens is 194 g/mol. The summed E-state index contributed by atoms with van der Waals surface area (Å²) in [6, 6.07) is 0. The van der Waals surface area contributed by atoms with E-state index in [2.05, 4.69) is 4.13 Å². The predicted octanol–water partition coefficient (Wildman–Crippen LogP) is 2.23. The molecule has 1 aliphatic rings. The maximum atomic E-state index is 10.8. The SMILES string of the molecule is CCCC(C(=O)O)C1=CSNS1. The van der Waals surface area contributed by atoms with Gasteiger partial charge in [-0.25, -0.2) is 4.13 Å². The molecule has 0 radical (unpaired) electrons. The lowest BCUT2D eigenvalue weighted by molar-refractivity contribution is -0.140. The number of nitrogens with one attached hydrogen (secondary N) is 1. The minimum absolute atomic E-state index is 0.317. The van der Waals surface area contributed by atoms with E-state index < -0.39 is 5.97 Å². The molecule has 1 unspecified atom stereocenters. The number of carboxylic acid groups (broad SMARTS) is 1. The quantitative estimate of drug-likeness (QED) is 0.689. The summed E-state index contributed by atoms with van der Waals surface area (Å²) in [7, 11) is 0. The second-order valence-electron chi connectivity index (χ2n) is 2.50. The van der Waals surface area contributed by atoms with Gasteiger partial charge in [0.15, 0.2) is 0 Å². The van der Waals surface area contributed by atoms with E-state index in [4.69, 9.17) is 5.11 Å². The third-order valence-corrected chi connectivity index (χ3v) is 3.48. The summed E-state index contributed by atoms with van der Waals surface area (Å²) in [5, 5.41) is 10.7. The van der Waals surface area contributed by atoms with Gasteiger partial charge in [-0.3, -0.25) is 4.79 Å². The zero-order chi connectivity index (χ0) is 8.97. The molecule has 0 saturated carbocycles. The summed E-state index contributed by atoms with van der Waals surface area (Å²) in [5.74, 6) is -1.04. The molecule has 3 nitrogen and oxygen atoms in total. The molecule has 0 amide bonds. The topological polar surface area (TPSA) is 49.3 Å². The van der Waals surface area contributed by atoms with E-state index in [0.717, 1.165) is 17.7 Å². The summed E-state index contributed by atoms with van der Waals surface area (Å²) >= 11 is 2.85. The molecule has 68 valence electrons. The van der Waals surface area contributed by atoms with Crippen LogP contribution in [0, 0.1) is 5.92 Å². The summed E-state index contributed by atoms with van der Waals surface area (Å²) in [4.78, 5) is 11.7. The molecule has 0 aliphatic carbocycles. The smallest absolute Gasteiger partial charge is 0.311 e. The lowest BCUT2D eigenvalue weighted by Gasteiger charge is -2.09. The molecule has 1 aliphatic heterocycles. The Kier molecular flexibility index (Phi) is 3.97. The Morgan fingerprint density at radius 3 is 3.00 bits per heavy atom. The second-order valence-corrected chi connectivity index (χ2v) is 4.32. The fraction of sp³-hybridized carbons (Fsp3) is 0.571. The molecule has 5 heteroatoms. The van der Waals surface area contributed by atoms with E-state index in [-0.39, 0.29) is 5.92 Å². The third-order valence-electron chi connectivity index (χ3n) is 1.60. The Morgan fingerprint density at radius 1 is 1.83 bits per heavy atom.